The minimum Gasteiger partial charge on any atom is -0.451 e. The van der Waals surface area contributed by atoms with E-state index in [1.807, 2.05) is 0 Å². The highest BCUT2D eigenvalue weighted by Crippen LogP contribution is 2.26. The smallest absolute Gasteiger partial charge is 0.326 e. The zero-order valence-corrected chi connectivity index (χ0v) is 15.8. The molecule has 8 heteroatoms. The summed E-state index contributed by atoms with van der Waals surface area (Å²) < 4.78 is 6.29. The number of esters is 1. The predicted molar refractivity (Wildman–Crippen MR) is 99.3 cm³/mol. The summed E-state index contributed by atoms with van der Waals surface area (Å²) in [6.45, 7) is 2.94. The Hall–Kier alpha value is -2.31. The van der Waals surface area contributed by atoms with Crippen molar-refractivity contribution in [3.05, 3.63) is 68.6 Å². The Labute approximate surface area is 160 Å². The number of carbonyl (C=O) groups is 2. The third-order valence-electron chi connectivity index (χ3n) is 3.66. The summed E-state index contributed by atoms with van der Waals surface area (Å²) in [6, 6.07) is 9.11. The van der Waals surface area contributed by atoms with Gasteiger partial charge in [0, 0.05) is 22.3 Å². The van der Waals surface area contributed by atoms with Crippen LogP contribution in [0, 0.1) is 0 Å². The first-order valence-corrected chi connectivity index (χ1v) is 8.64. The number of pyridine rings is 1. The van der Waals surface area contributed by atoms with Crippen molar-refractivity contribution < 1.29 is 14.3 Å². The minimum absolute atomic E-state index is 0.268. The first-order valence-electron chi connectivity index (χ1n) is 7.88. The molecule has 2 atom stereocenters. The number of hydrogen-bond donors (Lipinski definition) is 1. The van der Waals surface area contributed by atoms with Crippen molar-refractivity contribution in [2.24, 2.45) is 0 Å². The molecule has 0 spiro atoms. The summed E-state index contributed by atoms with van der Waals surface area (Å²) in [5.41, 5.74) is 0.367. The highest BCUT2D eigenvalue weighted by molar-refractivity contribution is 6.35. The number of ether oxygens (including phenoxy) is 1. The van der Waals surface area contributed by atoms with E-state index in [4.69, 9.17) is 27.9 Å². The summed E-state index contributed by atoms with van der Waals surface area (Å²) in [7, 11) is 0. The third-order valence-corrected chi connectivity index (χ3v) is 4.23. The molecule has 0 aliphatic carbocycles. The van der Waals surface area contributed by atoms with Crippen LogP contribution >= 0.6 is 23.2 Å². The molecular formula is C18H18Cl2N2O4. The number of carbonyl (C=O) groups excluding carboxylic acids is 2. The normalized spacial score (nSPS) is 12.9. The Kier molecular flexibility index (Phi) is 6.83. The topological polar surface area (TPSA) is 77.4 Å². The molecule has 138 valence electrons. The predicted octanol–water partition coefficient (Wildman–Crippen LogP) is 2.96. The van der Waals surface area contributed by atoms with E-state index in [1.54, 1.807) is 37.3 Å². The van der Waals surface area contributed by atoms with Crippen molar-refractivity contribution in [2.45, 2.75) is 32.5 Å². The number of amides is 1. The second-order valence-corrected chi connectivity index (χ2v) is 6.54. The molecule has 6 nitrogen and oxygen atoms in total. The number of nitrogens with one attached hydrogen (secondary N) is 1. The van der Waals surface area contributed by atoms with Gasteiger partial charge in [-0.1, -0.05) is 35.3 Å². The summed E-state index contributed by atoms with van der Waals surface area (Å²) in [6.07, 6.45) is 0.453. The largest absolute Gasteiger partial charge is 0.451 e. The molecule has 0 bridgehead atoms. The average molecular weight is 397 g/mol. The van der Waals surface area contributed by atoms with Crippen LogP contribution in [0.1, 0.15) is 25.5 Å². The Bertz CT molecular complexity index is 866. The van der Waals surface area contributed by atoms with E-state index in [9.17, 15) is 14.4 Å². The van der Waals surface area contributed by atoms with E-state index >= 15 is 0 Å². The maximum Gasteiger partial charge on any atom is 0.326 e. The highest BCUT2D eigenvalue weighted by atomic mass is 35.5. The van der Waals surface area contributed by atoms with Gasteiger partial charge in [-0.25, -0.2) is 0 Å². The van der Waals surface area contributed by atoms with Gasteiger partial charge in [-0.2, -0.15) is 0 Å². The number of hydrogen-bond acceptors (Lipinski definition) is 4. The van der Waals surface area contributed by atoms with Gasteiger partial charge in [-0.3, -0.25) is 14.4 Å². The number of aromatic nitrogens is 1. The Morgan fingerprint density at radius 1 is 1.19 bits per heavy atom. The van der Waals surface area contributed by atoms with E-state index in [2.05, 4.69) is 5.32 Å². The van der Waals surface area contributed by atoms with Gasteiger partial charge in [-0.05, 0) is 37.6 Å². The summed E-state index contributed by atoms with van der Waals surface area (Å²) >= 11 is 12.0. The van der Waals surface area contributed by atoms with Crippen molar-refractivity contribution in [2.75, 3.05) is 0 Å². The Balaban J connectivity index is 1.93. The van der Waals surface area contributed by atoms with Crippen LogP contribution in [0.25, 0.3) is 0 Å². The number of benzene rings is 1. The monoisotopic (exact) mass is 396 g/mol. The second-order valence-electron chi connectivity index (χ2n) is 5.69. The van der Waals surface area contributed by atoms with E-state index in [1.165, 1.54) is 23.8 Å². The molecule has 1 aromatic carbocycles. The van der Waals surface area contributed by atoms with Crippen LogP contribution in [0.15, 0.2) is 47.4 Å². The summed E-state index contributed by atoms with van der Waals surface area (Å²) in [5.74, 6) is -1.16. The van der Waals surface area contributed by atoms with Crippen molar-refractivity contribution in [1.29, 1.82) is 0 Å². The molecule has 1 aromatic heterocycles. The first-order chi connectivity index (χ1) is 12.3. The van der Waals surface area contributed by atoms with Crippen molar-refractivity contribution >= 4 is 35.1 Å². The SMILES string of the molecule is C[C@H](NC(=O)[C@@H](C)OC(=O)Cn1ccccc1=O)c1ccc(Cl)cc1Cl. The van der Waals surface area contributed by atoms with E-state index in [0.29, 0.717) is 15.6 Å². The van der Waals surface area contributed by atoms with Crippen LogP contribution in [-0.2, 0) is 20.9 Å². The molecule has 0 aliphatic rings. The van der Waals surface area contributed by atoms with Gasteiger partial charge in [0.1, 0.15) is 6.54 Å². The van der Waals surface area contributed by atoms with Gasteiger partial charge in [0.2, 0.25) is 0 Å². The zero-order chi connectivity index (χ0) is 19.3. The molecule has 2 rings (SSSR count). The molecule has 0 radical (unpaired) electrons. The van der Waals surface area contributed by atoms with Crippen LogP contribution in [0.5, 0.6) is 0 Å². The molecule has 1 N–H and O–H groups in total. The lowest BCUT2D eigenvalue weighted by molar-refractivity contribution is -0.155. The van der Waals surface area contributed by atoms with Crippen LogP contribution in [0.4, 0.5) is 0 Å². The van der Waals surface area contributed by atoms with E-state index in [-0.39, 0.29) is 12.1 Å². The molecule has 0 saturated heterocycles. The molecule has 1 amide bonds. The number of rotatable bonds is 6. The lowest BCUT2D eigenvalue weighted by Crippen LogP contribution is -2.38. The van der Waals surface area contributed by atoms with Crippen LogP contribution in [0.3, 0.4) is 0 Å². The van der Waals surface area contributed by atoms with Gasteiger partial charge in [0.15, 0.2) is 6.10 Å². The molecular weight excluding hydrogens is 379 g/mol. The van der Waals surface area contributed by atoms with Gasteiger partial charge < -0.3 is 14.6 Å². The maximum atomic E-state index is 12.2. The van der Waals surface area contributed by atoms with Gasteiger partial charge in [0.05, 0.1) is 6.04 Å². The lowest BCUT2D eigenvalue weighted by atomic mass is 10.1. The van der Waals surface area contributed by atoms with Crippen molar-refractivity contribution in [1.82, 2.24) is 9.88 Å². The lowest BCUT2D eigenvalue weighted by Gasteiger charge is -2.19. The quantitative estimate of drug-likeness (QED) is 0.761. The molecule has 0 saturated carbocycles. The molecule has 1 heterocycles. The summed E-state index contributed by atoms with van der Waals surface area (Å²) in [5, 5.41) is 3.65. The van der Waals surface area contributed by atoms with Gasteiger partial charge >= 0.3 is 5.97 Å². The first kappa shape index (κ1) is 20.0. The molecule has 0 aliphatic heterocycles. The van der Waals surface area contributed by atoms with Crippen molar-refractivity contribution in [3.63, 3.8) is 0 Å². The molecule has 0 unspecified atom stereocenters. The zero-order valence-electron chi connectivity index (χ0n) is 14.2. The number of halogens is 2. The molecule has 0 fully saturated rings. The highest BCUT2D eigenvalue weighted by Gasteiger charge is 2.21. The molecule has 2 aromatic rings. The third kappa shape index (κ3) is 5.34. The fourth-order valence-electron chi connectivity index (χ4n) is 2.28. The van der Waals surface area contributed by atoms with Crippen LogP contribution in [0.2, 0.25) is 10.0 Å². The van der Waals surface area contributed by atoms with Gasteiger partial charge in [-0.15, -0.1) is 0 Å². The average Bonchev–Trinajstić information content (AvgIpc) is 2.56. The minimum atomic E-state index is -1.02. The summed E-state index contributed by atoms with van der Waals surface area (Å²) in [4.78, 5) is 35.7. The molecule has 26 heavy (non-hydrogen) atoms. The Morgan fingerprint density at radius 2 is 1.92 bits per heavy atom. The Morgan fingerprint density at radius 3 is 2.58 bits per heavy atom. The van der Waals surface area contributed by atoms with Crippen LogP contribution in [-0.4, -0.2) is 22.5 Å². The fourth-order valence-corrected chi connectivity index (χ4v) is 2.85. The van der Waals surface area contributed by atoms with E-state index in [0.717, 1.165) is 0 Å². The standard InChI is InChI=1S/C18H18Cl2N2O4/c1-11(14-7-6-13(19)9-15(14)20)21-18(25)12(2)26-17(24)10-22-8-4-3-5-16(22)23/h3-9,11-12H,10H2,1-2H3,(H,21,25)/t11-,12+/m0/s1. The number of nitrogens with zero attached hydrogens (tertiary/aromatic N) is 1. The second kappa shape index (κ2) is 8.87. The maximum absolute atomic E-state index is 12.2. The van der Waals surface area contributed by atoms with Crippen LogP contribution < -0.4 is 10.9 Å². The van der Waals surface area contributed by atoms with Crippen molar-refractivity contribution in [3.8, 4) is 0 Å². The van der Waals surface area contributed by atoms with Gasteiger partial charge in [0.25, 0.3) is 11.5 Å². The fraction of sp³-hybridized carbons (Fsp3) is 0.278. The van der Waals surface area contributed by atoms with E-state index < -0.39 is 24.0 Å².